The van der Waals surface area contributed by atoms with Crippen molar-refractivity contribution in [1.82, 2.24) is 4.90 Å². The van der Waals surface area contributed by atoms with Crippen LogP contribution in [0.3, 0.4) is 0 Å². The number of hydrogen-bond acceptors (Lipinski definition) is 4. The van der Waals surface area contributed by atoms with Crippen LogP contribution in [0.25, 0.3) is 0 Å². The summed E-state index contributed by atoms with van der Waals surface area (Å²) in [5, 5.41) is 2.89. The minimum atomic E-state index is -0.735. The number of halogens is 1. The predicted octanol–water partition coefficient (Wildman–Crippen LogP) is 3.22. The van der Waals surface area contributed by atoms with Crippen LogP contribution in [-0.2, 0) is 9.59 Å². The van der Waals surface area contributed by atoms with Crippen molar-refractivity contribution in [3.8, 4) is 11.5 Å². The molecule has 6 nitrogen and oxygen atoms in total. The quantitative estimate of drug-likeness (QED) is 0.811. The van der Waals surface area contributed by atoms with Crippen LogP contribution >= 0.6 is 15.9 Å². The zero-order valence-electron chi connectivity index (χ0n) is 14.6. The summed E-state index contributed by atoms with van der Waals surface area (Å²) in [6.45, 7) is 0.687. The highest BCUT2D eigenvalue weighted by molar-refractivity contribution is 9.10. The molecule has 0 radical (unpaired) electrons. The van der Waals surface area contributed by atoms with Gasteiger partial charge in [-0.05, 0) is 49.2 Å². The Hall–Kier alpha value is -2.54. The largest absolute Gasteiger partial charge is 0.485 e. The fraction of sp³-hybridized carbons (Fsp3) is 0.300. The number of ether oxygens (including phenoxy) is 2. The van der Waals surface area contributed by atoms with Crippen molar-refractivity contribution in [2.45, 2.75) is 25.0 Å². The Morgan fingerprint density at radius 1 is 1.07 bits per heavy atom. The Bertz CT molecular complexity index is 855. The van der Waals surface area contributed by atoms with Crippen LogP contribution in [-0.4, -0.2) is 42.0 Å². The molecular formula is C20H19BrN2O4. The van der Waals surface area contributed by atoms with E-state index in [-0.39, 0.29) is 18.4 Å². The Morgan fingerprint density at radius 3 is 2.59 bits per heavy atom. The van der Waals surface area contributed by atoms with Gasteiger partial charge >= 0.3 is 0 Å². The van der Waals surface area contributed by atoms with Gasteiger partial charge in [-0.15, -0.1) is 0 Å². The highest BCUT2D eigenvalue weighted by atomic mass is 79.9. The molecule has 7 heteroatoms. The van der Waals surface area contributed by atoms with Crippen LogP contribution in [0.1, 0.15) is 12.8 Å². The molecule has 2 amide bonds. The minimum Gasteiger partial charge on any atom is -0.485 e. The number of benzene rings is 2. The number of para-hydroxylation sites is 2. The molecule has 140 valence electrons. The van der Waals surface area contributed by atoms with Crippen LogP contribution in [0.2, 0.25) is 0 Å². The van der Waals surface area contributed by atoms with Crippen LogP contribution < -0.4 is 14.8 Å². The molecule has 0 spiro atoms. The molecule has 2 aliphatic rings. The Kier molecular flexibility index (Phi) is 5.03. The van der Waals surface area contributed by atoms with E-state index in [1.54, 1.807) is 17.0 Å². The molecule has 0 aliphatic carbocycles. The normalized spacial score (nSPS) is 21.0. The predicted molar refractivity (Wildman–Crippen MR) is 104 cm³/mol. The van der Waals surface area contributed by atoms with Crippen LogP contribution in [0.4, 0.5) is 5.69 Å². The molecule has 1 fully saturated rings. The van der Waals surface area contributed by atoms with Crippen molar-refractivity contribution in [2.24, 2.45) is 0 Å². The maximum absolute atomic E-state index is 13.0. The summed E-state index contributed by atoms with van der Waals surface area (Å²) in [6, 6.07) is 14.1. The van der Waals surface area contributed by atoms with E-state index in [4.69, 9.17) is 9.47 Å². The molecule has 0 unspecified atom stereocenters. The minimum absolute atomic E-state index is 0.146. The molecule has 1 N–H and O–H groups in total. The first-order valence-corrected chi connectivity index (χ1v) is 9.66. The second-order valence-electron chi connectivity index (χ2n) is 6.55. The van der Waals surface area contributed by atoms with Gasteiger partial charge in [-0.25, -0.2) is 0 Å². The molecule has 2 aliphatic heterocycles. The standard InChI is InChI=1S/C20H19BrN2O4/c21-13-7-9-14(10-8-13)22-19(24)15-4-3-11-23(15)20(25)18-12-26-16-5-1-2-6-17(16)27-18/h1-2,5-10,15,18H,3-4,11-12H2,(H,22,24)/t15-,18+/m0/s1. The lowest BCUT2D eigenvalue weighted by atomic mass is 10.1. The molecule has 0 bridgehead atoms. The maximum atomic E-state index is 13.0. The Balaban J connectivity index is 1.44. The first kappa shape index (κ1) is 17.9. The number of anilines is 1. The third-order valence-corrected chi connectivity index (χ3v) is 5.26. The number of fused-ring (bicyclic) bond motifs is 1. The number of carbonyl (C=O) groups is 2. The maximum Gasteiger partial charge on any atom is 0.267 e. The molecule has 27 heavy (non-hydrogen) atoms. The number of nitrogens with one attached hydrogen (secondary N) is 1. The van der Waals surface area contributed by atoms with E-state index in [9.17, 15) is 9.59 Å². The highest BCUT2D eigenvalue weighted by Gasteiger charge is 2.39. The van der Waals surface area contributed by atoms with Crippen LogP contribution in [0, 0.1) is 0 Å². The molecule has 4 rings (SSSR count). The van der Waals surface area contributed by atoms with E-state index in [0.717, 1.165) is 10.9 Å². The number of nitrogens with zero attached hydrogens (tertiary/aromatic N) is 1. The van der Waals surface area contributed by atoms with Gasteiger partial charge in [-0.2, -0.15) is 0 Å². The van der Waals surface area contributed by atoms with E-state index in [0.29, 0.717) is 30.2 Å². The fourth-order valence-electron chi connectivity index (χ4n) is 3.39. The van der Waals surface area contributed by atoms with Gasteiger partial charge in [-0.1, -0.05) is 28.1 Å². The molecule has 2 aromatic carbocycles. The highest BCUT2D eigenvalue weighted by Crippen LogP contribution is 2.32. The monoisotopic (exact) mass is 430 g/mol. The topological polar surface area (TPSA) is 67.9 Å². The first-order valence-electron chi connectivity index (χ1n) is 8.87. The lowest BCUT2D eigenvalue weighted by molar-refractivity contribution is -0.145. The number of hydrogen-bond donors (Lipinski definition) is 1. The number of rotatable bonds is 3. The molecule has 2 atom stereocenters. The Morgan fingerprint density at radius 2 is 1.81 bits per heavy atom. The summed E-state index contributed by atoms with van der Waals surface area (Å²) in [6.07, 6.45) is 0.688. The number of carbonyl (C=O) groups excluding carboxylic acids is 2. The van der Waals surface area contributed by atoms with Crippen molar-refractivity contribution >= 4 is 33.4 Å². The van der Waals surface area contributed by atoms with Gasteiger partial charge in [0.1, 0.15) is 12.6 Å². The lowest BCUT2D eigenvalue weighted by Gasteiger charge is -2.31. The van der Waals surface area contributed by atoms with Gasteiger partial charge in [-0.3, -0.25) is 9.59 Å². The van der Waals surface area contributed by atoms with E-state index in [2.05, 4.69) is 21.2 Å². The molecule has 1 saturated heterocycles. The molecule has 0 aromatic heterocycles. The van der Waals surface area contributed by atoms with E-state index < -0.39 is 12.1 Å². The SMILES string of the molecule is O=C(Nc1ccc(Br)cc1)[C@@H]1CCCN1C(=O)[C@H]1COc2ccccc2O1. The molecular weight excluding hydrogens is 412 g/mol. The zero-order valence-corrected chi connectivity index (χ0v) is 16.1. The lowest BCUT2D eigenvalue weighted by Crippen LogP contribution is -2.51. The summed E-state index contributed by atoms with van der Waals surface area (Å²) in [7, 11) is 0. The second-order valence-corrected chi connectivity index (χ2v) is 7.47. The van der Waals surface area contributed by atoms with Gasteiger partial charge in [0.25, 0.3) is 5.91 Å². The number of amides is 2. The summed E-state index contributed by atoms with van der Waals surface area (Å²) in [4.78, 5) is 27.3. The van der Waals surface area contributed by atoms with Crippen molar-refractivity contribution in [2.75, 3.05) is 18.5 Å². The van der Waals surface area contributed by atoms with E-state index >= 15 is 0 Å². The molecule has 2 aromatic rings. The van der Waals surface area contributed by atoms with Gasteiger partial charge in [0.05, 0.1) is 0 Å². The van der Waals surface area contributed by atoms with E-state index in [1.807, 2.05) is 36.4 Å². The Labute approximate surface area is 165 Å². The van der Waals surface area contributed by atoms with Crippen LogP contribution in [0.5, 0.6) is 11.5 Å². The van der Waals surface area contributed by atoms with Crippen molar-refractivity contribution in [1.29, 1.82) is 0 Å². The summed E-state index contributed by atoms with van der Waals surface area (Å²) < 4.78 is 12.4. The third kappa shape index (κ3) is 3.78. The third-order valence-electron chi connectivity index (χ3n) is 4.73. The van der Waals surface area contributed by atoms with Crippen molar-refractivity contribution in [3.63, 3.8) is 0 Å². The van der Waals surface area contributed by atoms with Crippen molar-refractivity contribution < 1.29 is 19.1 Å². The number of likely N-dealkylation sites (tertiary alicyclic amines) is 1. The average Bonchev–Trinajstić information content (AvgIpc) is 3.19. The summed E-state index contributed by atoms with van der Waals surface area (Å²) in [5.74, 6) is 0.794. The zero-order chi connectivity index (χ0) is 18.8. The van der Waals surface area contributed by atoms with Gasteiger partial charge in [0.15, 0.2) is 11.5 Å². The second kappa shape index (κ2) is 7.60. The van der Waals surface area contributed by atoms with Gasteiger partial charge in [0.2, 0.25) is 12.0 Å². The average molecular weight is 431 g/mol. The van der Waals surface area contributed by atoms with E-state index in [1.165, 1.54) is 0 Å². The first-order chi connectivity index (χ1) is 13.1. The smallest absolute Gasteiger partial charge is 0.267 e. The van der Waals surface area contributed by atoms with Crippen LogP contribution in [0.15, 0.2) is 53.0 Å². The van der Waals surface area contributed by atoms with Gasteiger partial charge < -0.3 is 19.7 Å². The van der Waals surface area contributed by atoms with Crippen molar-refractivity contribution in [3.05, 3.63) is 53.0 Å². The fourth-order valence-corrected chi connectivity index (χ4v) is 3.65. The molecule has 2 heterocycles. The van der Waals surface area contributed by atoms with Gasteiger partial charge in [0, 0.05) is 16.7 Å². The molecule has 0 saturated carbocycles. The summed E-state index contributed by atoms with van der Waals surface area (Å²) >= 11 is 3.37. The summed E-state index contributed by atoms with van der Waals surface area (Å²) in [5.41, 5.74) is 0.702.